The molecular weight excluding hydrogens is 444 g/mol. The van der Waals surface area contributed by atoms with E-state index in [4.69, 9.17) is 0 Å². The van der Waals surface area contributed by atoms with Gasteiger partial charge in [0.15, 0.2) is 0 Å². The fraction of sp³-hybridized carbons (Fsp3) is 0.125. The summed E-state index contributed by atoms with van der Waals surface area (Å²) in [5.41, 5.74) is 2.00. The summed E-state index contributed by atoms with van der Waals surface area (Å²) in [4.78, 5) is 4.32. The second kappa shape index (κ2) is 3.88. The molecule has 0 fully saturated rings. The predicted octanol–water partition coefficient (Wildman–Crippen LogP) is 4.62. The van der Waals surface area contributed by atoms with Crippen LogP contribution in [0.5, 0.6) is 0 Å². The van der Waals surface area contributed by atoms with Crippen molar-refractivity contribution in [3.05, 3.63) is 24.2 Å². The van der Waals surface area contributed by atoms with Gasteiger partial charge in [-0.2, -0.15) is 0 Å². The van der Waals surface area contributed by atoms with Crippen LogP contribution in [-0.4, -0.2) is 9.55 Å². The Kier molecular flexibility index (Phi) is 3.08. The molecule has 0 unspecified atom stereocenters. The van der Waals surface area contributed by atoms with Crippen molar-refractivity contribution in [3.63, 3.8) is 0 Å². The monoisotopic (exact) mass is 444 g/mol. The molecule has 0 N–H and O–H groups in total. The number of hydrogen-bond acceptors (Lipinski definition) is 1. The molecule has 1 aromatic heterocycles. The minimum atomic E-state index is 0.939. The van der Waals surface area contributed by atoms with Crippen molar-refractivity contribution in [1.29, 1.82) is 0 Å². The highest BCUT2D eigenvalue weighted by Crippen LogP contribution is 2.42. The van der Waals surface area contributed by atoms with E-state index >= 15 is 0 Å². The van der Waals surface area contributed by atoms with Gasteiger partial charge in [0.05, 0.1) is 20.8 Å². The molecule has 6 heteroatoms. The second-order valence-electron chi connectivity index (χ2n) is 2.81. The number of aromatic nitrogens is 2. The van der Waals surface area contributed by atoms with Crippen LogP contribution in [0.1, 0.15) is 0 Å². The van der Waals surface area contributed by atoms with Gasteiger partial charge in [-0.1, -0.05) is 0 Å². The maximum Gasteiger partial charge on any atom is 0.105 e. The van der Waals surface area contributed by atoms with Gasteiger partial charge in [-0.15, -0.1) is 0 Å². The number of fused-ring (bicyclic) bond motifs is 1. The van der Waals surface area contributed by atoms with E-state index in [1.807, 2.05) is 11.6 Å². The van der Waals surface area contributed by atoms with E-state index in [0.717, 1.165) is 28.9 Å². The molecule has 0 amide bonds. The van der Waals surface area contributed by atoms with E-state index in [-0.39, 0.29) is 0 Å². The van der Waals surface area contributed by atoms with Crippen LogP contribution >= 0.6 is 63.7 Å². The van der Waals surface area contributed by atoms with Crippen molar-refractivity contribution in [2.24, 2.45) is 7.05 Å². The van der Waals surface area contributed by atoms with Crippen LogP contribution < -0.4 is 0 Å². The van der Waals surface area contributed by atoms with Crippen LogP contribution in [0.2, 0.25) is 0 Å². The number of benzene rings is 1. The molecule has 74 valence electrons. The van der Waals surface area contributed by atoms with E-state index in [9.17, 15) is 0 Å². The van der Waals surface area contributed by atoms with Gasteiger partial charge in [-0.05, 0) is 63.7 Å². The smallest absolute Gasteiger partial charge is 0.105 e. The SMILES string of the molecule is Cn1cnc2c(Br)c(Br)c(Br)c(Br)c21. The molecule has 0 aliphatic rings. The minimum absolute atomic E-state index is 0.939. The van der Waals surface area contributed by atoms with E-state index in [0.29, 0.717) is 0 Å². The third kappa shape index (κ3) is 1.50. The zero-order valence-corrected chi connectivity index (χ0v) is 13.3. The summed E-state index contributed by atoms with van der Waals surface area (Å²) in [6.45, 7) is 0. The summed E-state index contributed by atoms with van der Waals surface area (Å²) in [5, 5.41) is 0. The average Bonchev–Trinajstić information content (AvgIpc) is 2.54. The van der Waals surface area contributed by atoms with Crippen molar-refractivity contribution >= 4 is 74.8 Å². The molecule has 0 aliphatic carbocycles. The Labute approximate surface area is 115 Å². The van der Waals surface area contributed by atoms with Gasteiger partial charge in [-0.25, -0.2) is 4.98 Å². The number of imidazole rings is 1. The fourth-order valence-electron chi connectivity index (χ4n) is 1.25. The third-order valence-electron chi connectivity index (χ3n) is 1.93. The minimum Gasteiger partial charge on any atom is -0.333 e. The maximum absolute atomic E-state index is 4.32. The standard InChI is InChI=1S/C8H4Br4N2/c1-14-2-13-7-5(11)3(9)4(10)6(12)8(7)14/h2H,1H3. The van der Waals surface area contributed by atoms with Crippen LogP contribution in [0.3, 0.4) is 0 Å². The van der Waals surface area contributed by atoms with Crippen LogP contribution in [0.4, 0.5) is 0 Å². The van der Waals surface area contributed by atoms with Gasteiger partial charge in [0, 0.05) is 16.0 Å². The lowest BCUT2D eigenvalue weighted by molar-refractivity contribution is 0.945. The molecule has 2 rings (SSSR count). The highest BCUT2D eigenvalue weighted by molar-refractivity contribution is 9.15. The van der Waals surface area contributed by atoms with Crippen molar-refractivity contribution < 1.29 is 0 Å². The molecule has 2 aromatic rings. The summed E-state index contributed by atoms with van der Waals surface area (Å²) in [7, 11) is 1.97. The van der Waals surface area contributed by atoms with E-state index in [1.54, 1.807) is 6.33 Å². The Bertz CT molecular complexity index is 518. The van der Waals surface area contributed by atoms with Crippen molar-refractivity contribution in [3.8, 4) is 0 Å². The Balaban J connectivity index is 3.05. The molecule has 0 spiro atoms. The van der Waals surface area contributed by atoms with Crippen molar-refractivity contribution in [2.45, 2.75) is 0 Å². The predicted molar refractivity (Wildman–Crippen MR) is 71.5 cm³/mol. The number of aryl methyl sites for hydroxylation is 1. The molecule has 14 heavy (non-hydrogen) atoms. The van der Waals surface area contributed by atoms with Crippen molar-refractivity contribution in [2.75, 3.05) is 0 Å². The first kappa shape index (κ1) is 11.1. The fourth-order valence-corrected chi connectivity index (χ4v) is 3.71. The molecule has 0 bridgehead atoms. The van der Waals surface area contributed by atoms with Crippen molar-refractivity contribution in [1.82, 2.24) is 9.55 Å². The van der Waals surface area contributed by atoms with Crippen LogP contribution in [0.15, 0.2) is 24.2 Å². The number of nitrogens with zero attached hydrogens (tertiary/aromatic N) is 2. The Morgan fingerprint density at radius 3 is 2.21 bits per heavy atom. The molecule has 0 saturated heterocycles. The molecule has 0 atom stereocenters. The largest absolute Gasteiger partial charge is 0.333 e. The third-order valence-corrected chi connectivity index (χ3v) is 6.66. The first-order valence-corrected chi connectivity index (χ1v) is 6.84. The number of rotatable bonds is 0. The molecular formula is C8H4Br4N2. The van der Waals surface area contributed by atoms with Gasteiger partial charge in [0.2, 0.25) is 0 Å². The normalized spacial score (nSPS) is 11.2. The van der Waals surface area contributed by atoms with Gasteiger partial charge in [0.1, 0.15) is 5.52 Å². The van der Waals surface area contributed by atoms with Gasteiger partial charge < -0.3 is 4.57 Å². The highest BCUT2D eigenvalue weighted by Gasteiger charge is 2.16. The van der Waals surface area contributed by atoms with Crippen LogP contribution in [0.25, 0.3) is 11.0 Å². The summed E-state index contributed by atoms with van der Waals surface area (Å²) in [6, 6.07) is 0. The van der Waals surface area contributed by atoms with Gasteiger partial charge >= 0.3 is 0 Å². The van der Waals surface area contributed by atoms with E-state index in [1.165, 1.54) is 0 Å². The molecule has 0 radical (unpaired) electrons. The van der Waals surface area contributed by atoms with E-state index < -0.39 is 0 Å². The molecule has 1 heterocycles. The average molecular weight is 448 g/mol. The Morgan fingerprint density at radius 1 is 1.00 bits per heavy atom. The summed E-state index contributed by atoms with van der Waals surface area (Å²) in [5.74, 6) is 0. The Hall–Kier alpha value is 0.610. The topological polar surface area (TPSA) is 17.8 Å². The first-order valence-electron chi connectivity index (χ1n) is 3.67. The first-order chi connectivity index (χ1) is 6.54. The number of halogens is 4. The lowest BCUT2D eigenvalue weighted by Gasteiger charge is -2.06. The molecule has 2 nitrogen and oxygen atoms in total. The van der Waals surface area contributed by atoms with Gasteiger partial charge in [0.25, 0.3) is 0 Å². The zero-order valence-electron chi connectivity index (χ0n) is 6.98. The molecule has 0 aliphatic heterocycles. The summed E-state index contributed by atoms with van der Waals surface area (Å²) < 4.78 is 5.89. The quantitative estimate of drug-likeness (QED) is 0.425. The molecule has 0 saturated carbocycles. The van der Waals surface area contributed by atoms with Gasteiger partial charge in [-0.3, -0.25) is 0 Å². The lowest BCUT2D eigenvalue weighted by atomic mass is 10.3. The Morgan fingerprint density at radius 2 is 1.57 bits per heavy atom. The summed E-state index contributed by atoms with van der Waals surface area (Å²) in [6.07, 6.45) is 1.79. The maximum atomic E-state index is 4.32. The highest BCUT2D eigenvalue weighted by atomic mass is 79.9. The lowest BCUT2D eigenvalue weighted by Crippen LogP contribution is -1.87. The molecule has 1 aromatic carbocycles. The summed E-state index contributed by atoms with van der Waals surface area (Å²) >= 11 is 14.0. The number of hydrogen-bond donors (Lipinski definition) is 0. The zero-order chi connectivity index (χ0) is 10.5. The second-order valence-corrected chi connectivity index (χ2v) is 5.98. The van der Waals surface area contributed by atoms with Crippen LogP contribution in [-0.2, 0) is 7.05 Å². The van der Waals surface area contributed by atoms with Crippen LogP contribution in [0, 0.1) is 0 Å². The van der Waals surface area contributed by atoms with E-state index in [2.05, 4.69) is 68.7 Å².